The zero-order valence-corrected chi connectivity index (χ0v) is 20.9. The number of hydrogen-bond donors (Lipinski definition) is 2. The van der Waals surface area contributed by atoms with Gasteiger partial charge < -0.3 is 24.5 Å². The maximum atomic E-state index is 6.00. The van der Waals surface area contributed by atoms with Crippen molar-refractivity contribution in [2.45, 2.75) is 32.9 Å². The largest absolute Gasteiger partial charge is 0.493 e. The van der Waals surface area contributed by atoms with Gasteiger partial charge in [0.15, 0.2) is 17.5 Å². The highest BCUT2D eigenvalue weighted by atomic mass is 127. The lowest BCUT2D eigenvalue weighted by molar-refractivity contribution is 0.192. The third kappa shape index (κ3) is 7.71. The third-order valence-corrected chi connectivity index (χ3v) is 4.77. The van der Waals surface area contributed by atoms with Gasteiger partial charge in [-0.1, -0.05) is 26.0 Å². The maximum Gasteiger partial charge on any atom is 0.191 e. The molecule has 2 aromatic rings. The molecule has 0 aliphatic carbocycles. The van der Waals surface area contributed by atoms with Crippen LogP contribution in [-0.2, 0) is 0 Å². The van der Waals surface area contributed by atoms with E-state index >= 15 is 0 Å². The van der Waals surface area contributed by atoms with Crippen molar-refractivity contribution >= 4 is 29.9 Å². The molecule has 2 atom stereocenters. The zero-order chi connectivity index (χ0) is 21.1. The molecule has 2 rings (SSSR count). The molecule has 0 amide bonds. The summed E-state index contributed by atoms with van der Waals surface area (Å²) >= 11 is 0. The minimum Gasteiger partial charge on any atom is -0.493 e. The third-order valence-electron chi connectivity index (χ3n) is 4.77. The minimum absolute atomic E-state index is 0. The number of furan rings is 1. The lowest BCUT2D eigenvalue weighted by Crippen LogP contribution is -2.45. The van der Waals surface area contributed by atoms with Gasteiger partial charge in [0, 0.05) is 13.6 Å². The summed E-state index contributed by atoms with van der Waals surface area (Å²) in [6.45, 7) is 9.50. The van der Waals surface area contributed by atoms with E-state index in [0.717, 1.165) is 36.3 Å². The standard InChI is InChI=1S/C22H34N4O3.HI/c1-6-26(7-2)18(19-13-10-14-28-19)16-25-22(23-4)24-15-17(3)29-21-12-9-8-11-20(21)27-5;/h8-14,17-18H,6-7,15-16H2,1-5H3,(H2,23,24,25);1H. The Morgan fingerprint density at radius 2 is 1.73 bits per heavy atom. The molecule has 0 aliphatic heterocycles. The molecule has 1 aromatic heterocycles. The summed E-state index contributed by atoms with van der Waals surface area (Å²) in [6, 6.07) is 11.7. The minimum atomic E-state index is -0.0616. The van der Waals surface area contributed by atoms with Crippen LogP contribution in [0, 0.1) is 0 Å². The number of likely N-dealkylation sites (N-methyl/N-ethyl adjacent to an activating group) is 1. The molecule has 1 aromatic carbocycles. The van der Waals surface area contributed by atoms with Crippen LogP contribution in [0.1, 0.15) is 32.6 Å². The van der Waals surface area contributed by atoms with E-state index in [-0.39, 0.29) is 36.1 Å². The number of guanidine groups is 1. The smallest absolute Gasteiger partial charge is 0.191 e. The number of benzene rings is 1. The first-order chi connectivity index (χ1) is 14.1. The van der Waals surface area contributed by atoms with Gasteiger partial charge >= 0.3 is 0 Å². The van der Waals surface area contributed by atoms with Gasteiger partial charge in [0.1, 0.15) is 11.9 Å². The van der Waals surface area contributed by atoms with Crippen LogP contribution in [0.25, 0.3) is 0 Å². The molecule has 0 bridgehead atoms. The maximum absolute atomic E-state index is 6.00. The average Bonchev–Trinajstić information content (AvgIpc) is 3.28. The summed E-state index contributed by atoms with van der Waals surface area (Å²) < 4.78 is 17.0. The van der Waals surface area contributed by atoms with Gasteiger partial charge in [0.2, 0.25) is 0 Å². The van der Waals surface area contributed by atoms with Crippen molar-refractivity contribution in [1.29, 1.82) is 0 Å². The fourth-order valence-electron chi connectivity index (χ4n) is 3.18. The highest BCUT2D eigenvalue weighted by Gasteiger charge is 2.21. The molecule has 30 heavy (non-hydrogen) atoms. The van der Waals surface area contributed by atoms with Gasteiger partial charge in [0.25, 0.3) is 0 Å². The number of rotatable bonds is 11. The number of hydrogen-bond acceptors (Lipinski definition) is 5. The molecular weight excluding hydrogens is 495 g/mol. The van der Waals surface area contributed by atoms with Gasteiger partial charge in [-0.2, -0.15) is 0 Å². The van der Waals surface area contributed by atoms with Crippen LogP contribution in [0.2, 0.25) is 0 Å². The Bertz CT molecular complexity index is 736. The van der Waals surface area contributed by atoms with E-state index < -0.39 is 0 Å². The molecule has 0 aliphatic rings. The second-order valence-corrected chi connectivity index (χ2v) is 6.67. The summed E-state index contributed by atoms with van der Waals surface area (Å²) in [7, 11) is 3.41. The highest BCUT2D eigenvalue weighted by Crippen LogP contribution is 2.26. The van der Waals surface area contributed by atoms with Gasteiger partial charge in [-0.25, -0.2) is 0 Å². The van der Waals surface area contributed by atoms with Gasteiger partial charge in [-0.3, -0.25) is 9.89 Å². The summed E-state index contributed by atoms with van der Waals surface area (Å²) in [5, 5.41) is 6.73. The zero-order valence-electron chi connectivity index (χ0n) is 18.6. The summed E-state index contributed by atoms with van der Waals surface area (Å²) in [4.78, 5) is 6.68. The van der Waals surface area contributed by atoms with E-state index in [1.165, 1.54) is 0 Å². The summed E-state index contributed by atoms with van der Waals surface area (Å²) in [5.74, 6) is 3.13. The Hall–Kier alpha value is -1.94. The van der Waals surface area contributed by atoms with Crippen LogP contribution in [0.4, 0.5) is 0 Å². The predicted molar refractivity (Wildman–Crippen MR) is 132 cm³/mol. The number of aliphatic imine (C=N–C) groups is 1. The number of halogens is 1. The van der Waals surface area contributed by atoms with Crippen LogP contribution in [0.15, 0.2) is 52.1 Å². The average molecular weight is 530 g/mol. The van der Waals surface area contributed by atoms with Gasteiger partial charge in [-0.05, 0) is 44.3 Å². The molecule has 8 heteroatoms. The molecule has 7 nitrogen and oxygen atoms in total. The van der Waals surface area contributed by atoms with Crippen molar-refractivity contribution in [1.82, 2.24) is 15.5 Å². The van der Waals surface area contributed by atoms with E-state index in [4.69, 9.17) is 13.9 Å². The number of ether oxygens (including phenoxy) is 2. The second-order valence-electron chi connectivity index (χ2n) is 6.67. The monoisotopic (exact) mass is 530 g/mol. The Morgan fingerprint density at radius 3 is 2.30 bits per heavy atom. The Kier molecular flexibility index (Phi) is 12.3. The van der Waals surface area contributed by atoms with Gasteiger partial charge in [0.05, 0.1) is 26.0 Å². The van der Waals surface area contributed by atoms with Crippen molar-refractivity contribution in [2.24, 2.45) is 4.99 Å². The van der Waals surface area contributed by atoms with Crippen LogP contribution in [0.5, 0.6) is 11.5 Å². The fraction of sp³-hybridized carbons (Fsp3) is 0.500. The molecule has 0 saturated heterocycles. The SMILES string of the molecule is CCN(CC)C(CNC(=NC)NCC(C)Oc1ccccc1OC)c1ccco1.I. The van der Waals surface area contributed by atoms with E-state index in [9.17, 15) is 0 Å². The summed E-state index contributed by atoms with van der Waals surface area (Å²) in [6.07, 6.45) is 1.66. The van der Waals surface area contributed by atoms with E-state index in [1.54, 1.807) is 20.4 Å². The van der Waals surface area contributed by atoms with E-state index in [0.29, 0.717) is 13.1 Å². The summed E-state index contributed by atoms with van der Waals surface area (Å²) in [5.41, 5.74) is 0. The lowest BCUT2D eigenvalue weighted by atomic mass is 10.2. The molecule has 0 radical (unpaired) electrons. The molecule has 0 saturated carbocycles. The number of nitrogens with one attached hydrogen (secondary N) is 2. The quantitative estimate of drug-likeness (QED) is 0.261. The van der Waals surface area contributed by atoms with Crippen LogP contribution < -0.4 is 20.1 Å². The number of nitrogens with zero attached hydrogens (tertiary/aromatic N) is 2. The van der Waals surface area contributed by atoms with Crippen LogP contribution in [0.3, 0.4) is 0 Å². The van der Waals surface area contributed by atoms with Crippen molar-refractivity contribution in [3.05, 3.63) is 48.4 Å². The first-order valence-electron chi connectivity index (χ1n) is 10.1. The fourth-order valence-corrected chi connectivity index (χ4v) is 3.18. The van der Waals surface area contributed by atoms with Crippen molar-refractivity contribution in [3.8, 4) is 11.5 Å². The van der Waals surface area contributed by atoms with Crippen molar-refractivity contribution < 1.29 is 13.9 Å². The van der Waals surface area contributed by atoms with E-state index in [2.05, 4.69) is 34.4 Å². The Morgan fingerprint density at radius 1 is 1.07 bits per heavy atom. The topological polar surface area (TPSA) is 71.3 Å². The number of methoxy groups -OCH3 is 1. The molecule has 0 spiro atoms. The first-order valence-corrected chi connectivity index (χ1v) is 10.1. The van der Waals surface area contributed by atoms with Gasteiger partial charge in [-0.15, -0.1) is 24.0 Å². The normalized spacial score (nSPS) is 13.3. The molecule has 2 unspecified atom stereocenters. The molecule has 2 N–H and O–H groups in total. The molecule has 1 heterocycles. The Labute approximate surface area is 197 Å². The first kappa shape index (κ1) is 26.1. The lowest BCUT2D eigenvalue weighted by Gasteiger charge is -2.29. The predicted octanol–water partition coefficient (Wildman–Crippen LogP) is 3.92. The highest BCUT2D eigenvalue weighted by molar-refractivity contribution is 14.0. The van der Waals surface area contributed by atoms with Crippen molar-refractivity contribution in [3.63, 3.8) is 0 Å². The number of para-hydroxylation sites is 2. The molecular formula is C22H35IN4O3. The van der Waals surface area contributed by atoms with E-state index in [1.807, 2.05) is 43.3 Å². The van der Waals surface area contributed by atoms with Crippen molar-refractivity contribution in [2.75, 3.05) is 40.3 Å². The molecule has 168 valence electrons. The molecule has 0 fully saturated rings. The van der Waals surface area contributed by atoms with Crippen LogP contribution in [-0.4, -0.2) is 57.3 Å². The van der Waals surface area contributed by atoms with Crippen LogP contribution >= 0.6 is 24.0 Å². The second kappa shape index (κ2) is 14.1. The Balaban J connectivity index is 0.00000450.